The van der Waals surface area contributed by atoms with E-state index in [1.807, 2.05) is 82.3 Å². The summed E-state index contributed by atoms with van der Waals surface area (Å²) >= 11 is 0. The number of ether oxygens (including phenoxy) is 2. The molecule has 4 heterocycles. The van der Waals surface area contributed by atoms with Crippen molar-refractivity contribution in [2.45, 2.75) is 64.7 Å². The van der Waals surface area contributed by atoms with E-state index in [9.17, 15) is 19.2 Å². The zero-order valence-electron chi connectivity index (χ0n) is 34.8. The second-order valence-corrected chi connectivity index (χ2v) is 15.9. The number of likely N-dealkylation sites (tertiary alicyclic amines) is 1. The highest BCUT2D eigenvalue weighted by molar-refractivity contribution is 5.87. The summed E-state index contributed by atoms with van der Waals surface area (Å²) in [5.74, 6) is 0.736. The van der Waals surface area contributed by atoms with Crippen LogP contribution >= 0.6 is 0 Å². The van der Waals surface area contributed by atoms with E-state index in [0.717, 1.165) is 52.2 Å². The third-order valence-corrected chi connectivity index (χ3v) is 11.4. The van der Waals surface area contributed by atoms with Crippen molar-refractivity contribution in [2.24, 2.45) is 11.8 Å². The Kier molecular flexibility index (Phi) is 12.5. The van der Waals surface area contributed by atoms with Gasteiger partial charge in [0.05, 0.1) is 50.7 Å². The number of H-pyrrole nitrogens is 2. The molecule has 5 aromatic rings. The van der Waals surface area contributed by atoms with Gasteiger partial charge in [-0.3, -0.25) is 9.59 Å². The second-order valence-electron chi connectivity index (χ2n) is 15.9. The van der Waals surface area contributed by atoms with Crippen LogP contribution in [-0.4, -0.2) is 99.8 Å². The minimum Gasteiger partial charge on any atom is -0.453 e. The fourth-order valence-corrected chi connectivity index (χ4v) is 7.99. The van der Waals surface area contributed by atoms with Gasteiger partial charge >= 0.3 is 12.2 Å². The van der Waals surface area contributed by atoms with Gasteiger partial charge < -0.3 is 44.8 Å². The average molecular weight is 816 g/mol. The van der Waals surface area contributed by atoms with Gasteiger partial charge in [-0.15, -0.1) is 0 Å². The van der Waals surface area contributed by atoms with Crippen molar-refractivity contribution in [3.63, 3.8) is 0 Å². The first-order valence-corrected chi connectivity index (χ1v) is 20.4. The van der Waals surface area contributed by atoms with Crippen LogP contribution in [0.4, 0.5) is 15.3 Å². The lowest BCUT2D eigenvalue weighted by Crippen LogP contribution is -2.51. The number of hydrogen-bond acceptors (Lipinski definition) is 9. The number of nitrogens with zero attached hydrogens (tertiary/aromatic N) is 5. The van der Waals surface area contributed by atoms with E-state index in [0.29, 0.717) is 31.4 Å². The van der Waals surface area contributed by atoms with Gasteiger partial charge in [0.15, 0.2) is 0 Å². The minimum atomic E-state index is -0.773. The molecular weight excluding hydrogens is 763 g/mol. The Balaban J connectivity index is 1.04. The summed E-state index contributed by atoms with van der Waals surface area (Å²) in [7, 11) is 2.57. The maximum atomic E-state index is 14.1. The van der Waals surface area contributed by atoms with Crippen molar-refractivity contribution in [1.29, 1.82) is 0 Å². The number of aromatic amines is 2. The molecule has 3 aromatic carbocycles. The third kappa shape index (κ3) is 8.84. The van der Waals surface area contributed by atoms with Gasteiger partial charge in [-0.1, -0.05) is 94.4 Å². The molecule has 2 aliphatic rings. The number of alkyl carbamates (subject to hydrolysis) is 2. The van der Waals surface area contributed by atoms with Gasteiger partial charge in [-0.25, -0.2) is 19.6 Å². The van der Waals surface area contributed by atoms with E-state index in [1.54, 1.807) is 22.2 Å². The van der Waals surface area contributed by atoms with E-state index in [4.69, 9.17) is 14.5 Å². The number of para-hydroxylation sites is 1. The summed E-state index contributed by atoms with van der Waals surface area (Å²) in [5.41, 5.74) is 6.66. The van der Waals surface area contributed by atoms with Crippen LogP contribution in [0.1, 0.15) is 64.3 Å². The van der Waals surface area contributed by atoms with Crippen LogP contribution in [0.25, 0.3) is 33.6 Å². The third-order valence-electron chi connectivity index (χ3n) is 11.4. The molecule has 15 nitrogen and oxygen atoms in total. The Morgan fingerprint density at radius 1 is 0.650 bits per heavy atom. The lowest BCUT2D eigenvalue weighted by Gasteiger charge is -2.30. The summed E-state index contributed by atoms with van der Waals surface area (Å²) in [6.45, 7) is 9.03. The fourth-order valence-electron chi connectivity index (χ4n) is 7.99. The van der Waals surface area contributed by atoms with Gasteiger partial charge in [-0.05, 0) is 59.1 Å². The Labute approximate surface area is 349 Å². The lowest BCUT2D eigenvalue weighted by molar-refractivity contribution is -0.136. The molecule has 0 saturated carbocycles. The van der Waals surface area contributed by atoms with Gasteiger partial charge in [-0.2, -0.15) is 0 Å². The molecule has 0 radical (unpaired) electrons. The fraction of sp³-hybridized carbons (Fsp3) is 0.378. The zero-order chi connectivity index (χ0) is 42.5. The summed E-state index contributed by atoms with van der Waals surface area (Å²) < 4.78 is 9.59. The topological polar surface area (TPSA) is 178 Å². The predicted molar refractivity (Wildman–Crippen MR) is 227 cm³/mol. The van der Waals surface area contributed by atoms with Crippen molar-refractivity contribution in [3.8, 4) is 33.6 Å². The largest absolute Gasteiger partial charge is 0.453 e. The van der Waals surface area contributed by atoms with Crippen molar-refractivity contribution in [1.82, 2.24) is 40.4 Å². The molecule has 60 heavy (non-hydrogen) atoms. The van der Waals surface area contributed by atoms with E-state index < -0.39 is 24.3 Å². The first-order valence-electron chi connectivity index (χ1n) is 20.4. The van der Waals surface area contributed by atoms with Gasteiger partial charge in [0.1, 0.15) is 29.8 Å². The van der Waals surface area contributed by atoms with Crippen LogP contribution in [0.15, 0.2) is 91.3 Å². The summed E-state index contributed by atoms with van der Waals surface area (Å²) in [5, 5.41) is 5.42. The maximum absolute atomic E-state index is 14.1. The van der Waals surface area contributed by atoms with Crippen molar-refractivity contribution in [2.75, 3.05) is 38.9 Å². The summed E-state index contributed by atoms with van der Waals surface area (Å²) in [6, 6.07) is 24.3. The number of aromatic nitrogens is 4. The van der Waals surface area contributed by atoms with Crippen LogP contribution < -0.4 is 15.5 Å². The number of methoxy groups -OCH3 is 2. The number of anilines is 1. The molecule has 4 atom stereocenters. The molecule has 4 N–H and O–H groups in total. The van der Waals surface area contributed by atoms with Crippen LogP contribution in [0, 0.1) is 11.8 Å². The molecule has 0 aliphatic carbocycles. The number of hydrogen-bond donors (Lipinski definition) is 4. The van der Waals surface area contributed by atoms with Crippen molar-refractivity contribution >= 4 is 29.7 Å². The second kappa shape index (κ2) is 18.1. The van der Waals surface area contributed by atoms with Gasteiger partial charge in [0, 0.05) is 18.8 Å². The van der Waals surface area contributed by atoms with Crippen LogP contribution in [0.5, 0.6) is 0 Å². The smallest absolute Gasteiger partial charge is 0.407 e. The van der Waals surface area contributed by atoms with Crippen molar-refractivity contribution in [3.05, 3.63) is 103 Å². The monoisotopic (exact) mass is 815 g/mol. The van der Waals surface area contributed by atoms with Crippen LogP contribution in [0.3, 0.4) is 0 Å². The zero-order valence-corrected chi connectivity index (χ0v) is 34.8. The number of carbonyl (C=O) groups excluding carboxylic acids is 4. The predicted octanol–water partition coefficient (Wildman–Crippen LogP) is 6.91. The maximum Gasteiger partial charge on any atom is 0.407 e. The molecule has 0 bridgehead atoms. The molecule has 2 aliphatic heterocycles. The molecule has 0 spiro atoms. The number of amides is 4. The summed E-state index contributed by atoms with van der Waals surface area (Å²) in [6.07, 6.45) is 3.93. The van der Waals surface area contributed by atoms with E-state index >= 15 is 0 Å². The molecular formula is C45H53N9O6. The first-order chi connectivity index (χ1) is 28.9. The van der Waals surface area contributed by atoms with Gasteiger partial charge in [0.2, 0.25) is 11.8 Å². The van der Waals surface area contributed by atoms with E-state index in [2.05, 4.69) is 54.8 Å². The van der Waals surface area contributed by atoms with Crippen LogP contribution in [0.2, 0.25) is 0 Å². The standard InChI is InChI=1S/C45H53N9O6/c1-27(2)38(50-44(57)59-5)42(55)53-22-10-13-36(53)40-46-23-34(48-40)31-18-14-29(15-19-31)30-16-20-32(21-17-30)35-24-47-41(49-35)37-25-52(33-11-8-7-9-12-33)26-54(37)43(56)39(28(3)4)51-45(58)60-6/h7-9,11-12,14-21,23-24,27-28,36-39H,10,13,22,25-26H2,1-6H3,(H,46,48)(H,47,49)(H,50,57)(H,51,58). The molecule has 4 amide bonds. The average Bonchev–Trinajstić information content (AvgIpc) is 4.11. The Morgan fingerprint density at radius 2 is 1.12 bits per heavy atom. The van der Waals surface area contributed by atoms with Crippen molar-refractivity contribution < 1.29 is 28.7 Å². The van der Waals surface area contributed by atoms with Gasteiger partial charge in [0.25, 0.3) is 0 Å². The Bertz CT molecular complexity index is 2270. The number of carbonyl (C=O) groups is 4. The number of nitrogens with one attached hydrogen (secondary N) is 4. The highest BCUT2D eigenvalue weighted by atomic mass is 16.5. The normalized spacial score (nSPS) is 17.5. The first kappa shape index (κ1) is 41.5. The summed E-state index contributed by atoms with van der Waals surface area (Å²) in [4.78, 5) is 73.9. The SMILES string of the molecule is COC(=O)NC(C(=O)N1CCCC1c1ncc(-c2ccc(-c3ccc(-c4cnc(C5CN(c6ccccc6)CN5C(=O)C(NC(=O)OC)C(C)C)[nH]4)cc3)cc2)[nH]1)C(C)C. The molecule has 2 fully saturated rings. The molecule has 2 aromatic heterocycles. The molecule has 314 valence electrons. The number of benzene rings is 3. The van der Waals surface area contributed by atoms with E-state index in [1.165, 1.54) is 14.2 Å². The highest BCUT2D eigenvalue weighted by Crippen LogP contribution is 2.35. The molecule has 4 unspecified atom stereocenters. The number of imidazole rings is 2. The van der Waals surface area contributed by atoms with Crippen LogP contribution in [-0.2, 0) is 19.1 Å². The Morgan fingerprint density at radius 3 is 1.60 bits per heavy atom. The quantitative estimate of drug-likeness (QED) is 0.104. The highest BCUT2D eigenvalue weighted by Gasteiger charge is 2.41. The Hall–Kier alpha value is -6.64. The number of rotatable bonds is 12. The van der Waals surface area contributed by atoms with E-state index in [-0.39, 0.29) is 35.7 Å². The molecule has 2 saturated heterocycles. The lowest BCUT2D eigenvalue weighted by atomic mass is 10.0. The minimum absolute atomic E-state index is 0.111. The molecule has 7 rings (SSSR count). The molecule has 15 heteroatoms.